The van der Waals surface area contributed by atoms with Gasteiger partial charge >= 0.3 is 0 Å². The van der Waals surface area contributed by atoms with Gasteiger partial charge in [-0.05, 0) is 6.42 Å². The second kappa shape index (κ2) is 6.62. The lowest BCUT2D eigenvalue weighted by Crippen LogP contribution is -2.41. The first-order chi connectivity index (χ1) is 7.27. The molecule has 1 aromatic heterocycles. The largest absolute Gasteiger partial charge is 0.351 e. The third-order valence-corrected chi connectivity index (χ3v) is 3.10. The van der Waals surface area contributed by atoms with Crippen LogP contribution in [0.4, 0.5) is 0 Å². The smallest absolute Gasteiger partial charge is 0.0919 e. The average molecular weight is 210 g/mol. The topological polar surface area (TPSA) is 28.7 Å². The van der Waals surface area contributed by atoms with Gasteiger partial charge in [0.25, 0.3) is 0 Å². The Balaban J connectivity index is 0.000000187. The molecule has 3 heteroatoms. The number of H-pyrrole nitrogens is 1. The number of nitrogens with zero attached hydrogens (tertiary/aromatic N) is 2. The van der Waals surface area contributed by atoms with E-state index in [-0.39, 0.29) is 0 Å². The fourth-order valence-electron chi connectivity index (χ4n) is 2.08. The molecule has 15 heavy (non-hydrogen) atoms. The highest BCUT2D eigenvalue weighted by Crippen LogP contribution is 2.16. The van der Waals surface area contributed by atoms with Crippen molar-refractivity contribution < 1.29 is 4.48 Å². The molecule has 0 spiro atoms. The van der Waals surface area contributed by atoms with Crippen molar-refractivity contribution in [1.82, 2.24) is 9.97 Å². The van der Waals surface area contributed by atoms with Crippen LogP contribution in [0.5, 0.6) is 0 Å². The Bertz CT molecular complexity index is 208. The lowest BCUT2D eigenvalue weighted by atomic mass is 10.3. The number of aromatic nitrogens is 2. The molecule has 1 saturated heterocycles. The SMILES string of the molecule is CCCC[N+]1(C)CCCC1.c1c[nH]cn1. The van der Waals surface area contributed by atoms with E-state index >= 15 is 0 Å². The highest BCUT2D eigenvalue weighted by molar-refractivity contribution is 4.64. The maximum Gasteiger partial charge on any atom is 0.0919 e. The van der Waals surface area contributed by atoms with E-state index in [1.165, 1.54) is 49.8 Å². The van der Waals surface area contributed by atoms with Gasteiger partial charge in [-0.2, -0.15) is 0 Å². The van der Waals surface area contributed by atoms with Crippen LogP contribution in [0.3, 0.4) is 0 Å². The number of likely N-dealkylation sites (tertiary alicyclic amines) is 1. The summed E-state index contributed by atoms with van der Waals surface area (Å²) < 4.78 is 1.36. The van der Waals surface area contributed by atoms with Crippen molar-refractivity contribution in [3.63, 3.8) is 0 Å². The van der Waals surface area contributed by atoms with Crippen LogP contribution in [0.1, 0.15) is 32.6 Å². The van der Waals surface area contributed by atoms with Gasteiger partial charge in [-0.25, -0.2) is 4.98 Å². The number of rotatable bonds is 3. The zero-order valence-electron chi connectivity index (χ0n) is 10.1. The van der Waals surface area contributed by atoms with Crippen molar-refractivity contribution in [2.24, 2.45) is 0 Å². The molecule has 0 unspecified atom stereocenters. The second-order valence-corrected chi connectivity index (χ2v) is 4.61. The van der Waals surface area contributed by atoms with Gasteiger partial charge in [0.05, 0.1) is 33.0 Å². The summed E-state index contributed by atoms with van der Waals surface area (Å²) in [5.41, 5.74) is 0. The Morgan fingerprint density at radius 1 is 1.33 bits per heavy atom. The molecule has 2 heterocycles. The van der Waals surface area contributed by atoms with Gasteiger partial charge in [0.2, 0.25) is 0 Å². The van der Waals surface area contributed by atoms with Crippen LogP contribution in [0.25, 0.3) is 0 Å². The van der Waals surface area contributed by atoms with E-state index in [9.17, 15) is 0 Å². The minimum atomic E-state index is 1.36. The maximum atomic E-state index is 3.67. The predicted molar refractivity (Wildman–Crippen MR) is 63.5 cm³/mol. The number of aromatic amines is 1. The fourth-order valence-corrected chi connectivity index (χ4v) is 2.08. The van der Waals surface area contributed by atoms with E-state index in [4.69, 9.17) is 0 Å². The molecular formula is C12H24N3+. The summed E-state index contributed by atoms with van der Waals surface area (Å²) >= 11 is 0. The Morgan fingerprint density at radius 2 is 2.07 bits per heavy atom. The van der Waals surface area contributed by atoms with Crippen LogP contribution < -0.4 is 0 Å². The van der Waals surface area contributed by atoms with E-state index in [2.05, 4.69) is 23.9 Å². The molecule has 3 nitrogen and oxygen atoms in total. The van der Waals surface area contributed by atoms with Crippen LogP contribution in [-0.2, 0) is 0 Å². The van der Waals surface area contributed by atoms with Gasteiger partial charge in [-0.1, -0.05) is 13.3 Å². The van der Waals surface area contributed by atoms with Crippen LogP contribution >= 0.6 is 0 Å². The van der Waals surface area contributed by atoms with Crippen molar-refractivity contribution in [1.29, 1.82) is 0 Å². The molecule has 0 aliphatic carbocycles. The molecule has 1 aliphatic rings. The van der Waals surface area contributed by atoms with Crippen molar-refractivity contribution >= 4 is 0 Å². The molecule has 0 bridgehead atoms. The Hall–Kier alpha value is -0.830. The number of unbranched alkanes of at least 4 members (excludes halogenated alkanes) is 1. The summed E-state index contributed by atoms with van der Waals surface area (Å²) in [6.45, 7) is 6.55. The van der Waals surface area contributed by atoms with Crippen LogP contribution in [0.2, 0.25) is 0 Å². The minimum absolute atomic E-state index is 1.36. The second-order valence-electron chi connectivity index (χ2n) is 4.61. The molecule has 1 fully saturated rings. The van der Waals surface area contributed by atoms with Crippen LogP contribution in [0, 0.1) is 0 Å². The van der Waals surface area contributed by atoms with Gasteiger partial charge in [-0.15, -0.1) is 0 Å². The van der Waals surface area contributed by atoms with E-state index < -0.39 is 0 Å². The molecule has 1 aliphatic heterocycles. The van der Waals surface area contributed by atoms with Crippen LogP contribution in [-0.4, -0.2) is 41.1 Å². The Labute approximate surface area is 93.1 Å². The van der Waals surface area contributed by atoms with Crippen molar-refractivity contribution in [2.45, 2.75) is 32.6 Å². The number of hydrogen-bond acceptors (Lipinski definition) is 1. The third-order valence-electron chi connectivity index (χ3n) is 3.10. The van der Waals surface area contributed by atoms with Gasteiger partial charge in [0, 0.05) is 25.2 Å². The zero-order valence-corrected chi connectivity index (χ0v) is 10.1. The summed E-state index contributed by atoms with van der Waals surface area (Å²) in [5.74, 6) is 0. The molecule has 0 aromatic carbocycles. The minimum Gasteiger partial charge on any atom is -0.351 e. The van der Waals surface area contributed by atoms with Crippen LogP contribution in [0.15, 0.2) is 18.7 Å². The molecule has 0 saturated carbocycles. The van der Waals surface area contributed by atoms with Gasteiger partial charge in [0.1, 0.15) is 0 Å². The van der Waals surface area contributed by atoms with Gasteiger partial charge in [-0.3, -0.25) is 0 Å². The molecule has 1 aromatic rings. The van der Waals surface area contributed by atoms with E-state index in [1.807, 2.05) is 0 Å². The normalized spacial score (nSPS) is 18.3. The number of hydrogen-bond donors (Lipinski definition) is 1. The van der Waals surface area contributed by atoms with E-state index in [0.717, 1.165) is 0 Å². The Morgan fingerprint density at radius 3 is 2.47 bits per heavy atom. The predicted octanol–water partition coefficient (Wildman–Crippen LogP) is 2.44. The lowest BCUT2D eigenvalue weighted by molar-refractivity contribution is -0.897. The number of nitrogens with one attached hydrogen (secondary N) is 1. The summed E-state index contributed by atoms with van der Waals surface area (Å²) in [4.78, 5) is 6.42. The van der Waals surface area contributed by atoms with E-state index in [0.29, 0.717) is 0 Å². The summed E-state index contributed by atoms with van der Waals surface area (Å²) in [6.07, 6.45) is 10.8. The van der Waals surface area contributed by atoms with Gasteiger partial charge < -0.3 is 9.47 Å². The number of quaternary nitrogens is 1. The van der Waals surface area contributed by atoms with Gasteiger partial charge in [0.15, 0.2) is 0 Å². The monoisotopic (exact) mass is 210 g/mol. The first kappa shape index (κ1) is 12.2. The van der Waals surface area contributed by atoms with Crippen molar-refractivity contribution in [2.75, 3.05) is 26.7 Å². The summed E-state index contributed by atoms with van der Waals surface area (Å²) in [5, 5.41) is 0. The zero-order chi connectivity index (χ0) is 11.0. The molecule has 2 rings (SSSR count). The highest BCUT2D eigenvalue weighted by atomic mass is 15.3. The lowest BCUT2D eigenvalue weighted by Gasteiger charge is -2.28. The van der Waals surface area contributed by atoms with Crippen molar-refractivity contribution in [3.05, 3.63) is 18.7 Å². The molecule has 0 radical (unpaired) electrons. The van der Waals surface area contributed by atoms with E-state index in [1.54, 1.807) is 18.7 Å². The molecule has 86 valence electrons. The maximum absolute atomic E-state index is 3.67. The van der Waals surface area contributed by atoms with Crippen molar-refractivity contribution in [3.8, 4) is 0 Å². The first-order valence-electron chi connectivity index (χ1n) is 6.03. The third kappa shape index (κ3) is 4.98. The quantitative estimate of drug-likeness (QED) is 0.763. The standard InChI is InChI=1S/C9H20N.C3H4N2/c1-3-4-7-10(2)8-5-6-9-10;1-2-5-3-4-1/h3-9H2,1-2H3;1-3H,(H,4,5)/q+1;. The average Bonchev–Trinajstić information content (AvgIpc) is 2.89. The first-order valence-corrected chi connectivity index (χ1v) is 6.03. The molecule has 1 N–H and O–H groups in total. The Kier molecular flexibility index (Phi) is 5.40. The fraction of sp³-hybridized carbons (Fsp3) is 0.750. The summed E-state index contributed by atoms with van der Waals surface area (Å²) in [6, 6.07) is 0. The molecule has 0 amide bonds. The summed E-state index contributed by atoms with van der Waals surface area (Å²) in [7, 11) is 2.41. The highest BCUT2D eigenvalue weighted by Gasteiger charge is 2.25. The number of imidazole rings is 1. The molecular weight excluding hydrogens is 186 g/mol. The molecule has 0 atom stereocenters.